The van der Waals surface area contributed by atoms with Gasteiger partial charge in [0.2, 0.25) is 0 Å². The fourth-order valence-electron chi connectivity index (χ4n) is 1.06. The zero-order valence-electron chi connectivity index (χ0n) is 7.41. The van der Waals surface area contributed by atoms with Gasteiger partial charge in [0.1, 0.15) is 0 Å². The highest BCUT2D eigenvalue weighted by Crippen LogP contribution is 2.17. The normalized spacial score (nSPS) is 9.92. The lowest BCUT2D eigenvalue weighted by molar-refractivity contribution is 0.384. The summed E-state index contributed by atoms with van der Waals surface area (Å²) in [5.41, 5.74) is 0.540. The third kappa shape index (κ3) is 1.99. The average Bonchev–Trinajstić information content (AvgIpc) is 2.09. The van der Waals surface area contributed by atoms with Gasteiger partial charge in [0.25, 0.3) is 0 Å². The summed E-state index contributed by atoms with van der Waals surface area (Å²) in [5.74, 6) is -0.463. The van der Waals surface area contributed by atoms with Crippen molar-refractivity contribution in [1.82, 2.24) is 0 Å². The van der Waals surface area contributed by atoms with Crippen LogP contribution in [0, 0.1) is 12.7 Å². The van der Waals surface area contributed by atoms with E-state index in [-0.39, 0.29) is 11.2 Å². The van der Waals surface area contributed by atoms with Gasteiger partial charge in [-0.05, 0) is 24.0 Å². The summed E-state index contributed by atoms with van der Waals surface area (Å²) < 4.78 is 17.9. The molecule has 0 bridgehead atoms. The fraction of sp³-hybridized carbons (Fsp3) is 0.250. The summed E-state index contributed by atoms with van der Waals surface area (Å²) >= 11 is 0. The summed E-state index contributed by atoms with van der Waals surface area (Å²) in [7, 11) is -0.279. The predicted molar refractivity (Wildman–Crippen MR) is 47.5 cm³/mol. The molecule has 3 nitrogen and oxygen atoms in total. The summed E-state index contributed by atoms with van der Waals surface area (Å²) in [5, 5.41) is 17.7. The first-order valence-electron chi connectivity index (χ1n) is 3.76. The molecule has 0 heterocycles. The Kier molecular flexibility index (Phi) is 2.90. The lowest BCUT2D eigenvalue weighted by Gasteiger charge is -2.07. The topological polar surface area (TPSA) is 49.7 Å². The lowest BCUT2D eigenvalue weighted by atomic mass is 9.79. The Hall–Kier alpha value is -1.07. The van der Waals surface area contributed by atoms with E-state index in [4.69, 9.17) is 14.8 Å². The van der Waals surface area contributed by atoms with Crippen LogP contribution >= 0.6 is 0 Å². The first-order chi connectivity index (χ1) is 6.06. The average molecular weight is 184 g/mol. The van der Waals surface area contributed by atoms with Crippen LogP contribution in [0.3, 0.4) is 0 Å². The second-order valence-electron chi connectivity index (χ2n) is 2.73. The minimum Gasteiger partial charge on any atom is -0.494 e. The standard InChI is InChI=1S/C8H10BFO3/c1-5-3-6(9(11)12)4-7(13-2)8(5)10/h3-4,11-12H,1-2H3. The molecule has 0 aliphatic carbocycles. The van der Waals surface area contributed by atoms with Crippen molar-refractivity contribution in [3.63, 3.8) is 0 Å². The highest BCUT2D eigenvalue weighted by molar-refractivity contribution is 6.58. The van der Waals surface area contributed by atoms with E-state index in [9.17, 15) is 4.39 Å². The molecule has 1 rings (SSSR count). The first-order valence-corrected chi connectivity index (χ1v) is 3.76. The van der Waals surface area contributed by atoms with E-state index in [0.717, 1.165) is 0 Å². The van der Waals surface area contributed by atoms with Crippen LogP contribution in [0.1, 0.15) is 5.56 Å². The maximum Gasteiger partial charge on any atom is 0.488 e. The molecule has 5 heteroatoms. The molecule has 0 saturated heterocycles. The Balaban J connectivity index is 3.22. The van der Waals surface area contributed by atoms with Gasteiger partial charge in [-0.25, -0.2) is 4.39 Å². The van der Waals surface area contributed by atoms with Crippen molar-refractivity contribution in [1.29, 1.82) is 0 Å². The molecule has 70 valence electrons. The quantitative estimate of drug-likeness (QED) is 0.627. The lowest BCUT2D eigenvalue weighted by Crippen LogP contribution is -2.30. The number of ether oxygens (including phenoxy) is 1. The van der Waals surface area contributed by atoms with Crippen LogP contribution in [0.5, 0.6) is 5.75 Å². The van der Waals surface area contributed by atoms with Crippen LogP contribution in [0.15, 0.2) is 12.1 Å². The molecule has 13 heavy (non-hydrogen) atoms. The van der Waals surface area contributed by atoms with Crippen LogP contribution in [0.2, 0.25) is 0 Å². The molecule has 0 amide bonds. The van der Waals surface area contributed by atoms with E-state index < -0.39 is 12.9 Å². The second-order valence-corrected chi connectivity index (χ2v) is 2.73. The number of rotatable bonds is 2. The Morgan fingerprint density at radius 1 is 1.38 bits per heavy atom. The highest BCUT2D eigenvalue weighted by atomic mass is 19.1. The molecule has 0 aliphatic heterocycles. The molecule has 1 aromatic carbocycles. The van der Waals surface area contributed by atoms with Gasteiger partial charge >= 0.3 is 7.12 Å². The summed E-state index contributed by atoms with van der Waals surface area (Å²) in [6.45, 7) is 1.53. The zero-order chi connectivity index (χ0) is 10.0. The zero-order valence-corrected chi connectivity index (χ0v) is 7.41. The van der Waals surface area contributed by atoms with Crippen LogP contribution in [0.25, 0.3) is 0 Å². The third-order valence-corrected chi connectivity index (χ3v) is 1.76. The Bertz CT molecular complexity index is 315. The molecule has 0 saturated carbocycles. The van der Waals surface area contributed by atoms with Gasteiger partial charge in [-0.3, -0.25) is 0 Å². The molecule has 0 aliphatic rings. The van der Waals surface area contributed by atoms with E-state index in [0.29, 0.717) is 5.56 Å². The molecule has 0 spiro atoms. The van der Waals surface area contributed by atoms with Gasteiger partial charge in [0, 0.05) is 0 Å². The minimum absolute atomic E-state index is 0.0168. The van der Waals surface area contributed by atoms with Crippen LogP contribution in [-0.4, -0.2) is 24.3 Å². The maximum absolute atomic E-state index is 13.2. The number of methoxy groups -OCH3 is 1. The number of aryl methyl sites for hydroxylation is 1. The van der Waals surface area contributed by atoms with Gasteiger partial charge in [-0.2, -0.15) is 0 Å². The molecule has 0 atom stereocenters. The van der Waals surface area contributed by atoms with Gasteiger partial charge in [0.05, 0.1) is 7.11 Å². The van der Waals surface area contributed by atoms with Gasteiger partial charge in [-0.15, -0.1) is 0 Å². The molecule has 0 radical (unpaired) electrons. The Morgan fingerprint density at radius 3 is 2.46 bits per heavy atom. The van der Waals surface area contributed by atoms with E-state index in [1.165, 1.54) is 26.2 Å². The maximum atomic E-state index is 13.2. The predicted octanol–water partition coefficient (Wildman–Crippen LogP) is -0.177. The van der Waals surface area contributed by atoms with Crippen molar-refractivity contribution in [3.05, 3.63) is 23.5 Å². The van der Waals surface area contributed by atoms with Gasteiger partial charge in [-0.1, -0.05) is 6.07 Å². The van der Waals surface area contributed by atoms with Crippen molar-refractivity contribution in [3.8, 4) is 5.75 Å². The smallest absolute Gasteiger partial charge is 0.488 e. The summed E-state index contributed by atoms with van der Waals surface area (Å²) in [6, 6.07) is 2.62. The minimum atomic E-state index is -1.60. The molecular formula is C8H10BFO3. The van der Waals surface area contributed by atoms with Crippen LogP contribution in [-0.2, 0) is 0 Å². The van der Waals surface area contributed by atoms with Crippen LogP contribution in [0.4, 0.5) is 4.39 Å². The molecule has 0 aromatic heterocycles. The Labute approximate surface area is 75.9 Å². The van der Waals surface area contributed by atoms with E-state index in [1.807, 2.05) is 0 Å². The van der Waals surface area contributed by atoms with Crippen molar-refractivity contribution in [2.45, 2.75) is 6.92 Å². The first kappa shape index (κ1) is 10.0. The molecule has 1 aromatic rings. The molecule has 0 unspecified atom stereocenters. The van der Waals surface area contributed by atoms with Gasteiger partial charge < -0.3 is 14.8 Å². The van der Waals surface area contributed by atoms with E-state index in [1.54, 1.807) is 0 Å². The van der Waals surface area contributed by atoms with Crippen molar-refractivity contribution >= 4 is 12.6 Å². The highest BCUT2D eigenvalue weighted by Gasteiger charge is 2.16. The van der Waals surface area contributed by atoms with E-state index in [2.05, 4.69) is 0 Å². The number of hydrogen-bond acceptors (Lipinski definition) is 3. The van der Waals surface area contributed by atoms with E-state index >= 15 is 0 Å². The van der Waals surface area contributed by atoms with Crippen molar-refractivity contribution in [2.24, 2.45) is 0 Å². The van der Waals surface area contributed by atoms with Crippen molar-refractivity contribution in [2.75, 3.05) is 7.11 Å². The summed E-state index contributed by atoms with van der Waals surface area (Å²) in [6.07, 6.45) is 0. The van der Waals surface area contributed by atoms with Crippen LogP contribution < -0.4 is 10.2 Å². The SMILES string of the molecule is COc1cc(B(O)O)cc(C)c1F. The number of halogens is 1. The fourth-order valence-corrected chi connectivity index (χ4v) is 1.06. The summed E-state index contributed by atoms with van der Waals surface area (Å²) in [4.78, 5) is 0. The number of benzene rings is 1. The van der Waals surface area contributed by atoms with Crippen molar-refractivity contribution < 1.29 is 19.2 Å². The largest absolute Gasteiger partial charge is 0.494 e. The molecule has 0 fully saturated rings. The molecular weight excluding hydrogens is 174 g/mol. The number of hydrogen-bond donors (Lipinski definition) is 2. The second kappa shape index (κ2) is 3.76. The van der Waals surface area contributed by atoms with Gasteiger partial charge in [0.15, 0.2) is 11.6 Å². The molecule has 2 N–H and O–H groups in total. The third-order valence-electron chi connectivity index (χ3n) is 1.76. The monoisotopic (exact) mass is 184 g/mol. The Morgan fingerprint density at radius 2 is 2.00 bits per heavy atom.